The topological polar surface area (TPSA) is 71.3 Å². The number of benzene rings is 1. The van der Waals surface area contributed by atoms with Crippen molar-refractivity contribution in [1.82, 2.24) is 0 Å². The van der Waals surface area contributed by atoms with Crippen LogP contribution in [0, 0.1) is 6.92 Å². The van der Waals surface area contributed by atoms with Crippen LogP contribution < -0.4 is 10.6 Å². The van der Waals surface area contributed by atoms with Crippen molar-refractivity contribution >= 4 is 45.4 Å². The van der Waals surface area contributed by atoms with Gasteiger partial charge in [-0.2, -0.15) is 0 Å². The molecule has 122 valence electrons. The van der Waals surface area contributed by atoms with Crippen LogP contribution in [0.4, 0.5) is 10.7 Å². The minimum absolute atomic E-state index is 0.214. The summed E-state index contributed by atoms with van der Waals surface area (Å²) >= 11 is 7.11. The predicted molar refractivity (Wildman–Crippen MR) is 95.1 cm³/mol. The van der Waals surface area contributed by atoms with Gasteiger partial charge in [0.25, 0.3) is 11.8 Å². The number of amides is 2. The van der Waals surface area contributed by atoms with Crippen LogP contribution in [-0.4, -0.2) is 11.8 Å². The maximum absolute atomic E-state index is 12.4. The van der Waals surface area contributed by atoms with E-state index in [1.165, 1.54) is 17.6 Å². The molecule has 0 radical (unpaired) electrons. The van der Waals surface area contributed by atoms with Crippen molar-refractivity contribution in [3.63, 3.8) is 0 Å². The molecular weight excluding hydrogens is 348 g/mol. The molecular formula is C17H13ClN2O3S. The Labute approximate surface area is 147 Å². The first-order valence-electron chi connectivity index (χ1n) is 7.05. The van der Waals surface area contributed by atoms with Crippen molar-refractivity contribution in [2.75, 3.05) is 10.6 Å². The summed E-state index contributed by atoms with van der Waals surface area (Å²) in [6.45, 7) is 1.81. The van der Waals surface area contributed by atoms with Crippen LogP contribution >= 0.6 is 22.9 Å². The third kappa shape index (κ3) is 3.67. The van der Waals surface area contributed by atoms with Gasteiger partial charge >= 0.3 is 0 Å². The summed E-state index contributed by atoms with van der Waals surface area (Å²) in [6, 6.07) is 11.9. The SMILES string of the molecule is Cc1cc(NC(=O)c2ccco2)sc1C(=O)Nc1cccc(Cl)c1. The maximum Gasteiger partial charge on any atom is 0.291 e. The summed E-state index contributed by atoms with van der Waals surface area (Å²) in [6.07, 6.45) is 1.43. The second kappa shape index (κ2) is 6.90. The van der Waals surface area contributed by atoms with E-state index in [0.29, 0.717) is 20.6 Å². The van der Waals surface area contributed by atoms with E-state index >= 15 is 0 Å². The first-order valence-corrected chi connectivity index (χ1v) is 8.24. The normalized spacial score (nSPS) is 10.4. The zero-order valence-electron chi connectivity index (χ0n) is 12.6. The molecule has 0 aliphatic carbocycles. The van der Waals surface area contributed by atoms with Crippen LogP contribution in [0.15, 0.2) is 53.1 Å². The summed E-state index contributed by atoms with van der Waals surface area (Å²) in [4.78, 5) is 24.9. The molecule has 0 fully saturated rings. The molecule has 0 bridgehead atoms. The van der Waals surface area contributed by atoms with Crippen molar-refractivity contribution in [3.8, 4) is 0 Å². The quantitative estimate of drug-likeness (QED) is 0.701. The minimum atomic E-state index is -0.358. The van der Waals surface area contributed by atoms with E-state index in [0.717, 1.165) is 5.56 Å². The summed E-state index contributed by atoms with van der Waals surface area (Å²) in [7, 11) is 0. The number of thiophene rings is 1. The summed E-state index contributed by atoms with van der Waals surface area (Å²) in [5.41, 5.74) is 1.38. The van der Waals surface area contributed by atoms with Gasteiger partial charge in [-0.05, 0) is 48.9 Å². The maximum atomic E-state index is 12.4. The molecule has 3 rings (SSSR count). The number of halogens is 1. The highest BCUT2D eigenvalue weighted by atomic mass is 35.5. The molecule has 0 aliphatic rings. The lowest BCUT2D eigenvalue weighted by Gasteiger charge is -2.04. The fourth-order valence-electron chi connectivity index (χ4n) is 2.10. The highest BCUT2D eigenvalue weighted by Gasteiger charge is 2.16. The second-order valence-corrected chi connectivity index (χ2v) is 6.51. The molecule has 0 spiro atoms. The van der Waals surface area contributed by atoms with E-state index in [4.69, 9.17) is 16.0 Å². The molecule has 2 aromatic heterocycles. The van der Waals surface area contributed by atoms with E-state index in [2.05, 4.69) is 10.6 Å². The monoisotopic (exact) mass is 360 g/mol. The summed E-state index contributed by atoms with van der Waals surface area (Å²) < 4.78 is 5.04. The van der Waals surface area contributed by atoms with Crippen molar-refractivity contribution in [3.05, 3.63) is 70.0 Å². The van der Waals surface area contributed by atoms with Gasteiger partial charge in [0.15, 0.2) is 5.76 Å². The summed E-state index contributed by atoms with van der Waals surface area (Å²) in [5, 5.41) is 6.63. The Morgan fingerprint density at radius 2 is 1.92 bits per heavy atom. The average molecular weight is 361 g/mol. The molecule has 24 heavy (non-hydrogen) atoms. The Balaban J connectivity index is 1.73. The zero-order chi connectivity index (χ0) is 17.1. The molecule has 0 unspecified atom stereocenters. The van der Waals surface area contributed by atoms with E-state index in [-0.39, 0.29) is 17.6 Å². The van der Waals surface area contributed by atoms with Crippen LogP contribution in [0.3, 0.4) is 0 Å². The number of carbonyl (C=O) groups excluding carboxylic acids is 2. The predicted octanol–water partition coefficient (Wildman–Crippen LogP) is 4.81. The molecule has 2 N–H and O–H groups in total. The van der Waals surface area contributed by atoms with Gasteiger partial charge in [-0.3, -0.25) is 9.59 Å². The zero-order valence-corrected chi connectivity index (χ0v) is 14.2. The number of furan rings is 1. The third-order valence-corrected chi connectivity index (χ3v) is 4.57. The van der Waals surface area contributed by atoms with Gasteiger partial charge in [0, 0.05) is 10.7 Å². The fraction of sp³-hybridized carbons (Fsp3) is 0.0588. The minimum Gasteiger partial charge on any atom is -0.459 e. The van der Waals surface area contributed by atoms with Crippen molar-refractivity contribution < 1.29 is 14.0 Å². The van der Waals surface area contributed by atoms with E-state index < -0.39 is 0 Å². The average Bonchev–Trinajstić information content (AvgIpc) is 3.17. The molecule has 1 aromatic carbocycles. The Bertz CT molecular complexity index is 887. The van der Waals surface area contributed by atoms with Gasteiger partial charge in [-0.15, -0.1) is 11.3 Å². The Morgan fingerprint density at radius 3 is 2.62 bits per heavy atom. The number of hydrogen-bond donors (Lipinski definition) is 2. The molecule has 7 heteroatoms. The second-order valence-electron chi connectivity index (χ2n) is 5.02. The first-order chi connectivity index (χ1) is 11.5. The van der Waals surface area contributed by atoms with E-state index in [9.17, 15) is 9.59 Å². The van der Waals surface area contributed by atoms with E-state index in [1.807, 2.05) is 6.92 Å². The number of hydrogen-bond acceptors (Lipinski definition) is 4. The van der Waals surface area contributed by atoms with Crippen LogP contribution in [0.1, 0.15) is 25.8 Å². The molecule has 0 atom stereocenters. The molecule has 3 aromatic rings. The van der Waals surface area contributed by atoms with Gasteiger partial charge in [-0.1, -0.05) is 17.7 Å². The molecule has 0 saturated carbocycles. The Kier molecular flexibility index (Phi) is 4.69. The van der Waals surface area contributed by atoms with Gasteiger partial charge < -0.3 is 15.1 Å². The van der Waals surface area contributed by atoms with Crippen LogP contribution in [-0.2, 0) is 0 Å². The Hall–Kier alpha value is -2.57. The van der Waals surface area contributed by atoms with E-state index in [1.54, 1.807) is 42.5 Å². The smallest absolute Gasteiger partial charge is 0.291 e. The van der Waals surface area contributed by atoms with Crippen molar-refractivity contribution in [2.24, 2.45) is 0 Å². The first kappa shape index (κ1) is 16.3. The van der Waals surface area contributed by atoms with Crippen LogP contribution in [0.25, 0.3) is 0 Å². The van der Waals surface area contributed by atoms with Gasteiger partial charge in [0.2, 0.25) is 0 Å². The molecule has 2 heterocycles. The van der Waals surface area contributed by atoms with Gasteiger partial charge in [0.05, 0.1) is 16.1 Å². The highest BCUT2D eigenvalue weighted by molar-refractivity contribution is 7.18. The highest BCUT2D eigenvalue weighted by Crippen LogP contribution is 2.28. The lowest BCUT2D eigenvalue weighted by Crippen LogP contribution is -2.11. The third-order valence-electron chi connectivity index (χ3n) is 3.19. The number of aryl methyl sites for hydroxylation is 1. The number of carbonyl (C=O) groups is 2. The van der Waals surface area contributed by atoms with Crippen molar-refractivity contribution in [1.29, 1.82) is 0 Å². The number of rotatable bonds is 4. The van der Waals surface area contributed by atoms with Crippen molar-refractivity contribution in [2.45, 2.75) is 6.92 Å². The molecule has 2 amide bonds. The molecule has 5 nitrogen and oxygen atoms in total. The summed E-state index contributed by atoms with van der Waals surface area (Å²) in [5.74, 6) is -0.396. The van der Waals surface area contributed by atoms with Gasteiger partial charge in [-0.25, -0.2) is 0 Å². The van der Waals surface area contributed by atoms with Gasteiger partial charge in [0.1, 0.15) is 0 Å². The largest absolute Gasteiger partial charge is 0.459 e. The Morgan fingerprint density at radius 1 is 1.08 bits per heavy atom. The lowest BCUT2D eigenvalue weighted by molar-refractivity contribution is 0.0995. The van der Waals surface area contributed by atoms with Crippen LogP contribution in [0.5, 0.6) is 0 Å². The molecule has 0 saturated heterocycles. The number of anilines is 2. The lowest BCUT2D eigenvalue weighted by atomic mass is 10.2. The fourth-order valence-corrected chi connectivity index (χ4v) is 3.26. The van der Waals surface area contributed by atoms with Crippen LogP contribution in [0.2, 0.25) is 5.02 Å². The molecule has 0 aliphatic heterocycles. The number of nitrogens with one attached hydrogen (secondary N) is 2. The standard InChI is InChI=1S/C17H13ClN2O3S/c1-10-8-14(20-16(21)13-6-3-7-23-13)24-15(10)17(22)19-12-5-2-4-11(18)9-12/h2-9H,1H3,(H,19,22)(H,20,21).